The summed E-state index contributed by atoms with van der Waals surface area (Å²) in [6, 6.07) is 19.4. The monoisotopic (exact) mass is 417 g/mol. The summed E-state index contributed by atoms with van der Waals surface area (Å²) in [5, 5.41) is 0. The molecule has 1 aliphatic carbocycles. The number of sulfonamides is 1. The van der Waals surface area contributed by atoms with E-state index in [9.17, 15) is 8.42 Å². The Morgan fingerprint density at radius 3 is 2.20 bits per heavy atom. The highest BCUT2D eigenvalue weighted by molar-refractivity contribution is 7.89. The molecule has 0 aromatic heterocycles. The summed E-state index contributed by atoms with van der Waals surface area (Å²) < 4.78 is 35.7. The molecule has 0 saturated carbocycles. The number of aryl methyl sites for hydroxylation is 3. The summed E-state index contributed by atoms with van der Waals surface area (Å²) in [6.07, 6.45) is -0.518. The van der Waals surface area contributed by atoms with Crippen LogP contribution in [0.2, 0.25) is 0 Å². The molecule has 1 fully saturated rings. The van der Waals surface area contributed by atoms with Crippen molar-refractivity contribution < 1.29 is 13.2 Å². The van der Waals surface area contributed by atoms with Crippen molar-refractivity contribution in [2.24, 2.45) is 0 Å². The third-order valence-corrected chi connectivity index (χ3v) is 8.92. The second kappa shape index (κ2) is 5.96. The summed E-state index contributed by atoms with van der Waals surface area (Å²) in [7, 11) is -3.71. The first-order chi connectivity index (χ1) is 14.4. The van der Waals surface area contributed by atoms with E-state index in [0.717, 1.165) is 28.0 Å². The van der Waals surface area contributed by atoms with Crippen LogP contribution in [0.5, 0.6) is 5.75 Å². The van der Waals surface area contributed by atoms with Gasteiger partial charge in [0.2, 0.25) is 10.0 Å². The normalized spacial score (nSPS) is 26.2. The highest BCUT2D eigenvalue weighted by Crippen LogP contribution is 2.66. The Bertz CT molecular complexity index is 1300. The van der Waals surface area contributed by atoms with Gasteiger partial charge in [0, 0.05) is 17.4 Å². The first-order valence-corrected chi connectivity index (χ1v) is 11.8. The van der Waals surface area contributed by atoms with E-state index in [1.165, 1.54) is 11.1 Å². The highest BCUT2D eigenvalue weighted by Gasteiger charge is 2.64. The lowest BCUT2D eigenvalue weighted by Gasteiger charge is -2.36. The average Bonchev–Trinajstić information content (AvgIpc) is 3.18. The molecular formula is C25H23NO3S. The smallest absolute Gasteiger partial charge is 0.246 e. The van der Waals surface area contributed by atoms with Crippen LogP contribution in [0.3, 0.4) is 0 Å². The Morgan fingerprint density at radius 1 is 0.800 bits per heavy atom. The van der Waals surface area contributed by atoms with E-state index in [2.05, 4.69) is 38.1 Å². The summed E-state index contributed by atoms with van der Waals surface area (Å²) in [5.41, 5.74) is 6.86. The number of benzene rings is 3. The van der Waals surface area contributed by atoms with Gasteiger partial charge in [-0.05, 0) is 61.2 Å². The van der Waals surface area contributed by atoms with Crippen LogP contribution in [0.15, 0.2) is 65.6 Å². The van der Waals surface area contributed by atoms with Crippen molar-refractivity contribution in [2.75, 3.05) is 0 Å². The molecule has 152 valence electrons. The Kier molecular flexibility index (Phi) is 3.61. The molecule has 6 rings (SSSR count). The van der Waals surface area contributed by atoms with Gasteiger partial charge in [-0.1, -0.05) is 48.0 Å². The lowest BCUT2D eigenvalue weighted by atomic mass is 9.83. The summed E-state index contributed by atoms with van der Waals surface area (Å²) in [6.45, 7) is 6.13. The first kappa shape index (κ1) is 18.2. The Hall–Kier alpha value is -2.63. The van der Waals surface area contributed by atoms with Crippen LogP contribution >= 0.6 is 0 Å². The molecule has 3 unspecified atom stereocenters. The summed E-state index contributed by atoms with van der Waals surface area (Å²) >= 11 is 0. The molecule has 4 nitrogen and oxygen atoms in total. The van der Waals surface area contributed by atoms with Gasteiger partial charge in [0.25, 0.3) is 0 Å². The molecule has 3 aromatic carbocycles. The fraction of sp³-hybridized carbons (Fsp3) is 0.280. The van der Waals surface area contributed by atoms with Crippen LogP contribution in [0.4, 0.5) is 0 Å². The Labute approximate surface area is 177 Å². The van der Waals surface area contributed by atoms with E-state index < -0.39 is 16.3 Å². The maximum absolute atomic E-state index is 13.8. The minimum atomic E-state index is -3.71. The molecule has 3 aliphatic rings. The molecular weight excluding hydrogens is 394 g/mol. The molecule has 30 heavy (non-hydrogen) atoms. The predicted octanol–water partition coefficient (Wildman–Crippen LogP) is 4.96. The van der Waals surface area contributed by atoms with E-state index in [-0.39, 0.29) is 17.9 Å². The Morgan fingerprint density at radius 2 is 1.47 bits per heavy atom. The number of hydrogen-bond acceptors (Lipinski definition) is 3. The zero-order chi connectivity index (χ0) is 20.8. The molecule has 2 heterocycles. The van der Waals surface area contributed by atoms with Crippen LogP contribution in [0, 0.1) is 20.8 Å². The molecule has 0 spiro atoms. The van der Waals surface area contributed by atoms with Crippen molar-refractivity contribution in [1.29, 1.82) is 0 Å². The minimum absolute atomic E-state index is 0.0148. The van der Waals surface area contributed by atoms with Crippen molar-refractivity contribution in [1.82, 2.24) is 4.31 Å². The SMILES string of the molecule is Cc1ccc(S(=O)(=O)N2C3c4ccccc4[C@@H]4C3c3cc(C)c(C)cc3OC42)cc1. The van der Waals surface area contributed by atoms with Gasteiger partial charge >= 0.3 is 0 Å². The van der Waals surface area contributed by atoms with Crippen LogP contribution in [0.25, 0.3) is 0 Å². The van der Waals surface area contributed by atoms with Gasteiger partial charge in [-0.25, -0.2) is 8.42 Å². The van der Waals surface area contributed by atoms with Gasteiger partial charge in [-0.15, -0.1) is 0 Å². The molecule has 0 N–H and O–H groups in total. The van der Waals surface area contributed by atoms with E-state index in [0.29, 0.717) is 4.90 Å². The standard InChI is InChI=1S/C25H23NO3S/c1-14-8-10-17(11-9-14)30(27,28)26-24-19-7-5-4-6-18(19)23-22(24)20-12-15(2)16(3)13-21(20)29-25(23)26/h4-13,22-25H,1-3H3/t22?,23-,24?,25?/m1/s1. The first-order valence-electron chi connectivity index (χ1n) is 10.3. The van der Waals surface area contributed by atoms with Crippen LogP contribution in [-0.2, 0) is 10.0 Å². The van der Waals surface area contributed by atoms with Crippen LogP contribution in [0.1, 0.15) is 51.3 Å². The number of rotatable bonds is 2. The largest absolute Gasteiger partial charge is 0.473 e. The average molecular weight is 418 g/mol. The van der Waals surface area contributed by atoms with E-state index in [1.807, 2.05) is 31.2 Å². The van der Waals surface area contributed by atoms with Gasteiger partial charge in [-0.3, -0.25) is 0 Å². The van der Waals surface area contributed by atoms with Crippen LogP contribution in [-0.4, -0.2) is 19.0 Å². The zero-order valence-corrected chi connectivity index (χ0v) is 18.0. The number of nitrogens with zero attached hydrogens (tertiary/aromatic N) is 1. The van der Waals surface area contributed by atoms with E-state index in [4.69, 9.17) is 4.74 Å². The molecule has 0 amide bonds. The fourth-order valence-electron chi connectivity index (χ4n) is 5.52. The molecule has 2 aliphatic heterocycles. The molecule has 5 heteroatoms. The van der Waals surface area contributed by atoms with Crippen molar-refractivity contribution in [3.05, 3.63) is 94.0 Å². The maximum atomic E-state index is 13.8. The van der Waals surface area contributed by atoms with E-state index in [1.54, 1.807) is 16.4 Å². The molecule has 3 aromatic rings. The van der Waals surface area contributed by atoms with Gasteiger partial charge in [-0.2, -0.15) is 4.31 Å². The molecule has 4 atom stereocenters. The highest BCUT2D eigenvalue weighted by atomic mass is 32.2. The van der Waals surface area contributed by atoms with Gasteiger partial charge in [0.15, 0.2) is 6.23 Å². The lowest BCUT2D eigenvalue weighted by molar-refractivity contribution is 0.0801. The zero-order valence-electron chi connectivity index (χ0n) is 17.2. The van der Waals surface area contributed by atoms with Gasteiger partial charge in [0.1, 0.15) is 5.75 Å². The summed E-state index contributed by atoms with van der Waals surface area (Å²) in [5.74, 6) is 0.917. The van der Waals surface area contributed by atoms with Gasteiger partial charge < -0.3 is 4.74 Å². The third kappa shape index (κ3) is 2.22. The summed E-state index contributed by atoms with van der Waals surface area (Å²) in [4.78, 5) is 0.323. The third-order valence-electron chi connectivity index (χ3n) is 7.06. The van der Waals surface area contributed by atoms with Gasteiger partial charge in [0.05, 0.1) is 10.9 Å². The number of ether oxygens (including phenoxy) is 1. The van der Waals surface area contributed by atoms with Crippen molar-refractivity contribution in [3.63, 3.8) is 0 Å². The molecule has 4 bridgehead atoms. The quantitative estimate of drug-likeness (QED) is 0.592. The van der Waals surface area contributed by atoms with Crippen molar-refractivity contribution in [2.45, 2.75) is 49.8 Å². The van der Waals surface area contributed by atoms with Crippen molar-refractivity contribution >= 4 is 10.0 Å². The van der Waals surface area contributed by atoms with Crippen LogP contribution < -0.4 is 4.74 Å². The fourth-order valence-corrected chi connectivity index (χ4v) is 7.24. The lowest BCUT2D eigenvalue weighted by Crippen LogP contribution is -2.44. The Balaban J connectivity index is 1.57. The predicted molar refractivity (Wildman–Crippen MR) is 115 cm³/mol. The van der Waals surface area contributed by atoms with Crippen molar-refractivity contribution in [3.8, 4) is 5.75 Å². The second-order valence-electron chi connectivity index (χ2n) is 8.76. The minimum Gasteiger partial charge on any atom is -0.473 e. The number of hydrogen-bond donors (Lipinski definition) is 0. The number of fused-ring (bicyclic) bond motifs is 3. The van der Waals surface area contributed by atoms with E-state index >= 15 is 0 Å². The molecule has 0 radical (unpaired) electrons. The second-order valence-corrected chi connectivity index (χ2v) is 10.6. The maximum Gasteiger partial charge on any atom is 0.246 e. The topological polar surface area (TPSA) is 46.6 Å². The molecule has 1 saturated heterocycles.